The average Bonchev–Trinajstić information content (AvgIpc) is 1.31. The molecule has 0 saturated carbocycles. The van der Waals surface area contributed by atoms with Crippen LogP contribution in [0.25, 0.3) is 0 Å². The van der Waals surface area contributed by atoms with Gasteiger partial charge >= 0.3 is 0 Å². The summed E-state index contributed by atoms with van der Waals surface area (Å²) < 4.78 is -0.444. The molecule has 2 heteroatoms. The Bertz CT molecular complexity index is 80.6. The second-order valence-electron chi connectivity index (χ2n) is 2.01. The van der Waals surface area contributed by atoms with Crippen LogP contribution in [0.5, 0.6) is 0 Å². The van der Waals surface area contributed by atoms with Gasteiger partial charge in [0.1, 0.15) is 5.76 Å². The first-order valence-corrected chi connectivity index (χ1v) is 2.50. The number of rotatable bonds is 1. The first-order valence-electron chi connectivity index (χ1n) is 2.05. The molecule has 0 aliphatic carbocycles. The van der Waals surface area contributed by atoms with Crippen molar-refractivity contribution in [3.63, 3.8) is 0 Å². The van der Waals surface area contributed by atoms with Gasteiger partial charge in [-0.05, 0) is 13.8 Å². The molecule has 0 atom stereocenters. The van der Waals surface area contributed by atoms with Crippen molar-refractivity contribution in [3.8, 4) is 0 Å². The van der Waals surface area contributed by atoms with Crippen LogP contribution < -0.4 is 0 Å². The van der Waals surface area contributed by atoms with E-state index < -0.39 is 4.75 Å². The zero-order chi connectivity index (χ0) is 6.08. The van der Waals surface area contributed by atoms with Crippen molar-refractivity contribution in [1.82, 2.24) is 0 Å². The maximum atomic E-state index is 8.62. The summed E-state index contributed by atoms with van der Waals surface area (Å²) in [7, 11) is 0. The molecule has 0 heterocycles. The predicted octanol–water partition coefficient (Wildman–Crippen LogP) is 1.77. The number of aliphatic hydroxyl groups excluding tert-OH is 1. The van der Waals surface area contributed by atoms with Crippen LogP contribution in [0.15, 0.2) is 12.3 Å². The minimum atomic E-state index is -0.444. The van der Waals surface area contributed by atoms with E-state index in [1.165, 1.54) is 0 Å². The van der Waals surface area contributed by atoms with Crippen LogP contribution in [0, 0.1) is 0 Å². The maximum absolute atomic E-state index is 8.62. The van der Waals surface area contributed by atoms with E-state index in [0.29, 0.717) is 0 Å². The molecule has 0 aliphatic rings. The van der Waals surface area contributed by atoms with Gasteiger partial charge < -0.3 is 5.11 Å². The molecule has 0 unspecified atom stereocenters. The van der Waals surface area contributed by atoms with Gasteiger partial charge in [-0.25, -0.2) is 0 Å². The Labute approximate surface area is 49.5 Å². The van der Waals surface area contributed by atoms with Crippen molar-refractivity contribution < 1.29 is 5.11 Å². The summed E-state index contributed by atoms with van der Waals surface area (Å²) in [4.78, 5) is 0. The molecule has 0 aromatic rings. The molecule has 0 bridgehead atoms. The Morgan fingerprint density at radius 3 is 1.86 bits per heavy atom. The average molecular weight is 118 g/mol. The van der Waals surface area contributed by atoms with E-state index in [0.717, 1.165) is 0 Å². The van der Waals surface area contributed by atoms with E-state index in [-0.39, 0.29) is 5.76 Å². The van der Waals surface area contributed by atoms with Gasteiger partial charge in [-0.15, -0.1) is 0 Å². The van der Waals surface area contributed by atoms with Gasteiger partial charge in [-0.3, -0.25) is 0 Å². The molecular weight excluding hydrogens is 108 g/mol. The van der Waals surface area contributed by atoms with Crippen LogP contribution >= 0.6 is 12.6 Å². The van der Waals surface area contributed by atoms with Crippen molar-refractivity contribution >= 4 is 12.6 Å². The molecule has 0 rings (SSSR count). The summed E-state index contributed by atoms with van der Waals surface area (Å²) in [6, 6.07) is 0. The molecular formula is C5H10OS. The first kappa shape index (κ1) is 6.89. The summed E-state index contributed by atoms with van der Waals surface area (Å²) in [5.41, 5.74) is 0. The molecule has 0 aromatic carbocycles. The highest BCUT2D eigenvalue weighted by atomic mass is 32.1. The van der Waals surface area contributed by atoms with Crippen LogP contribution in [0.2, 0.25) is 0 Å². The summed E-state index contributed by atoms with van der Waals surface area (Å²) in [6.07, 6.45) is 0. The molecule has 0 amide bonds. The first-order chi connectivity index (χ1) is 2.94. The summed E-state index contributed by atoms with van der Waals surface area (Å²) in [6.45, 7) is 6.86. The van der Waals surface area contributed by atoms with Gasteiger partial charge in [0.05, 0.1) is 4.75 Å². The van der Waals surface area contributed by atoms with Crippen LogP contribution in [0.4, 0.5) is 0 Å². The van der Waals surface area contributed by atoms with Crippen molar-refractivity contribution in [3.05, 3.63) is 12.3 Å². The van der Waals surface area contributed by atoms with Crippen molar-refractivity contribution in [1.29, 1.82) is 0 Å². The van der Waals surface area contributed by atoms with Crippen LogP contribution in [0.1, 0.15) is 13.8 Å². The van der Waals surface area contributed by atoms with Crippen molar-refractivity contribution in [2.75, 3.05) is 0 Å². The van der Waals surface area contributed by atoms with Crippen LogP contribution in [-0.4, -0.2) is 9.85 Å². The van der Waals surface area contributed by atoms with E-state index in [4.69, 9.17) is 5.11 Å². The van der Waals surface area contributed by atoms with Crippen LogP contribution in [0.3, 0.4) is 0 Å². The molecule has 0 aromatic heterocycles. The highest BCUT2D eigenvalue weighted by Gasteiger charge is 2.13. The summed E-state index contributed by atoms with van der Waals surface area (Å²) >= 11 is 4.00. The molecule has 42 valence electrons. The molecule has 0 radical (unpaired) electrons. The number of aliphatic hydroxyl groups is 1. The molecule has 1 N–H and O–H groups in total. The topological polar surface area (TPSA) is 20.2 Å². The lowest BCUT2D eigenvalue weighted by molar-refractivity contribution is 0.371. The third kappa shape index (κ3) is 2.57. The second-order valence-corrected chi connectivity index (χ2v) is 3.12. The van der Waals surface area contributed by atoms with Gasteiger partial charge in [0.15, 0.2) is 0 Å². The Morgan fingerprint density at radius 1 is 1.71 bits per heavy atom. The SMILES string of the molecule is C=C(O)C(C)(C)S. The largest absolute Gasteiger partial charge is 0.511 e. The third-order valence-corrected chi connectivity index (χ3v) is 0.964. The fourth-order valence-electron chi connectivity index (χ4n) is 0. The molecule has 0 saturated heterocycles. The minimum Gasteiger partial charge on any atom is -0.511 e. The van der Waals surface area contributed by atoms with E-state index in [9.17, 15) is 0 Å². The minimum absolute atomic E-state index is 0.107. The summed E-state index contributed by atoms with van der Waals surface area (Å²) in [5.74, 6) is 0.107. The zero-order valence-corrected chi connectivity index (χ0v) is 5.50. The van der Waals surface area contributed by atoms with Crippen molar-refractivity contribution in [2.45, 2.75) is 18.6 Å². The lowest BCUT2D eigenvalue weighted by Crippen LogP contribution is -2.12. The molecule has 0 spiro atoms. The number of hydrogen-bond acceptors (Lipinski definition) is 2. The smallest absolute Gasteiger partial charge is 0.100 e. The van der Waals surface area contributed by atoms with Gasteiger partial charge in [0.25, 0.3) is 0 Å². The Balaban J connectivity index is 3.79. The number of thiol groups is 1. The number of hydrogen-bond donors (Lipinski definition) is 2. The Morgan fingerprint density at radius 2 is 1.86 bits per heavy atom. The van der Waals surface area contributed by atoms with Gasteiger partial charge in [-0.2, -0.15) is 12.6 Å². The van der Waals surface area contributed by atoms with Gasteiger partial charge in [-0.1, -0.05) is 6.58 Å². The summed E-state index contributed by atoms with van der Waals surface area (Å²) in [5, 5.41) is 8.62. The lowest BCUT2D eigenvalue weighted by Gasteiger charge is -2.13. The molecule has 7 heavy (non-hydrogen) atoms. The third-order valence-electron chi connectivity index (χ3n) is 0.706. The maximum Gasteiger partial charge on any atom is 0.100 e. The van der Waals surface area contributed by atoms with E-state index in [1.807, 2.05) is 0 Å². The Hall–Kier alpha value is -0.110. The normalized spacial score (nSPS) is 11.3. The molecule has 1 nitrogen and oxygen atoms in total. The van der Waals surface area contributed by atoms with E-state index >= 15 is 0 Å². The molecule has 0 fully saturated rings. The van der Waals surface area contributed by atoms with E-state index in [1.54, 1.807) is 13.8 Å². The van der Waals surface area contributed by atoms with Gasteiger partial charge in [0, 0.05) is 0 Å². The van der Waals surface area contributed by atoms with Crippen molar-refractivity contribution in [2.24, 2.45) is 0 Å². The van der Waals surface area contributed by atoms with Gasteiger partial charge in [0.2, 0.25) is 0 Å². The second kappa shape index (κ2) is 1.78. The van der Waals surface area contributed by atoms with Crippen LogP contribution in [-0.2, 0) is 0 Å². The highest BCUT2D eigenvalue weighted by molar-refractivity contribution is 7.82. The monoisotopic (exact) mass is 118 g/mol. The fourth-order valence-corrected chi connectivity index (χ4v) is 0. The highest BCUT2D eigenvalue weighted by Crippen LogP contribution is 2.17. The standard InChI is InChI=1S/C5H10OS/c1-4(6)5(2,3)7/h6-7H,1H2,2-3H3. The molecule has 0 aliphatic heterocycles. The zero-order valence-electron chi connectivity index (χ0n) is 4.60. The lowest BCUT2D eigenvalue weighted by atomic mass is 10.2. The predicted molar refractivity (Wildman–Crippen MR) is 34.8 cm³/mol. The quantitative estimate of drug-likeness (QED) is 0.397. The Kier molecular flexibility index (Phi) is 1.75. The van der Waals surface area contributed by atoms with E-state index in [2.05, 4.69) is 19.2 Å². The fraction of sp³-hybridized carbons (Fsp3) is 0.600.